The van der Waals surface area contributed by atoms with Crippen molar-refractivity contribution in [1.82, 2.24) is 4.31 Å². The molecule has 1 aliphatic heterocycles. The molecular formula is C23H30ClN3O4S. The van der Waals surface area contributed by atoms with E-state index >= 15 is 0 Å². The summed E-state index contributed by atoms with van der Waals surface area (Å²) in [5.74, 6) is -0.398. The number of rotatable bonds is 10. The zero-order chi connectivity index (χ0) is 23.0. The first-order chi connectivity index (χ1) is 15.4. The topological polar surface area (TPSA) is 79.0 Å². The largest absolute Gasteiger partial charge is 0.385 e. The van der Waals surface area contributed by atoms with Gasteiger partial charge in [-0.1, -0.05) is 11.6 Å². The Hall–Kier alpha value is -2.13. The maximum absolute atomic E-state index is 13.1. The predicted octanol–water partition coefficient (Wildman–Crippen LogP) is 4.00. The Labute approximate surface area is 195 Å². The van der Waals surface area contributed by atoms with Crippen LogP contribution in [0.15, 0.2) is 53.4 Å². The molecule has 0 atom stereocenters. The van der Waals surface area contributed by atoms with E-state index in [1.807, 2.05) is 24.3 Å². The van der Waals surface area contributed by atoms with Crippen LogP contribution in [0.2, 0.25) is 5.02 Å². The summed E-state index contributed by atoms with van der Waals surface area (Å²) in [7, 11) is -2.30. The monoisotopic (exact) mass is 479 g/mol. The van der Waals surface area contributed by atoms with Crippen molar-refractivity contribution >= 4 is 38.9 Å². The first-order valence-electron chi connectivity index (χ1n) is 10.8. The Morgan fingerprint density at radius 2 is 1.72 bits per heavy atom. The Morgan fingerprint density at radius 1 is 1.06 bits per heavy atom. The Balaban J connectivity index is 1.67. The van der Waals surface area contributed by atoms with Crippen molar-refractivity contribution in [2.24, 2.45) is 0 Å². The van der Waals surface area contributed by atoms with Crippen LogP contribution < -0.4 is 10.2 Å². The van der Waals surface area contributed by atoms with Gasteiger partial charge in [-0.3, -0.25) is 4.79 Å². The van der Waals surface area contributed by atoms with Crippen molar-refractivity contribution in [3.05, 3.63) is 53.6 Å². The predicted molar refractivity (Wildman–Crippen MR) is 128 cm³/mol. The third-order valence-electron chi connectivity index (χ3n) is 5.40. The molecule has 3 rings (SSSR count). The summed E-state index contributed by atoms with van der Waals surface area (Å²) in [6.45, 7) is 2.37. The first-order valence-corrected chi connectivity index (χ1v) is 12.6. The van der Waals surface area contributed by atoms with Crippen molar-refractivity contribution in [2.75, 3.05) is 50.1 Å². The van der Waals surface area contributed by atoms with Crippen LogP contribution in [0.4, 0.5) is 11.4 Å². The molecule has 7 nitrogen and oxygen atoms in total. The maximum atomic E-state index is 13.1. The number of nitrogens with one attached hydrogen (secondary N) is 1. The molecule has 174 valence electrons. The van der Waals surface area contributed by atoms with Crippen molar-refractivity contribution in [3.63, 3.8) is 0 Å². The van der Waals surface area contributed by atoms with Crippen LogP contribution in [-0.4, -0.2) is 58.5 Å². The van der Waals surface area contributed by atoms with Crippen molar-refractivity contribution in [3.8, 4) is 0 Å². The van der Waals surface area contributed by atoms with E-state index in [1.54, 1.807) is 7.11 Å². The maximum Gasteiger partial charge on any atom is 0.243 e. The van der Waals surface area contributed by atoms with Crippen LogP contribution in [-0.2, 0) is 19.6 Å². The molecule has 2 aromatic carbocycles. The molecule has 1 N–H and O–H groups in total. The molecule has 2 aromatic rings. The summed E-state index contributed by atoms with van der Waals surface area (Å²) in [4.78, 5) is 15.1. The minimum atomic E-state index is -3.86. The lowest BCUT2D eigenvalue weighted by molar-refractivity contribution is -0.116. The lowest BCUT2D eigenvalue weighted by atomic mass is 10.1. The molecule has 1 aliphatic rings. The summed E-state index contributed by atoms with van der Waals surface area (Å²) in [6.07, 6.45) is 4.13. The van der Waals surface area contributed by atoms with Gasteiger partial charge in [0, 0.05) is 49.7 Å². The normalized spacial score (nSPS) is 14.5. The van der Waals surface area contributed by atoms with E-state index in [0.29, 0.717) is 23.7 Å². The summed E-state index contributed by atoms with van der Waals surface area (Å²) >= 11 is 5.89. The lowest BCUT2D eigenvalue weighted by Crippen LogP contribution is -2.39. The van der Waals surface area contributed by atoms with Gasteiger partial charge >= 0.3 is 0 Å². The molecule has 9 heteroatoms. The zero-order valence-corrected chi connectivity index (χ0v) is 19.9. The van der Waals surface area contributed by atoms with Crippen LogP contribution in [0.5, 0.6) is 0 Å². The van der Waals surface area contributed by atoms with Gasteiger partial charge in [-0.2, -0.15) is 4.31 Å². The second-order valence-electron chi connectivity index (χ2n) is 7.78. The van der Waals surface area contributed by atoms with Crippen LogP contribution in [0.3, 0.4) is 0 Å². The van der Waals surface area contributed by atoms with Crippen molar-refractivity contribution in [2.45, 2.75) is 30.6 Å². The highest BCUT2D eigenvalue weighted by atomic mass is 35.5. The molecule has 0 spiro atoms. The van der Waals surface area contributed by atoms with Gasteiger partial charge in [0.25, 0.3) is 0 Å². The van der Waals surface area contributed by atoms with E-state index in [1.165, 1.54) is 47.8 Å². The number of ether oxygens (including phenoxy) is 1. The minimum Gasteiger partial charge on any atom is -0.385 e. The van der Waals surface area contributed by atoms with Gasteiger partial charge in [0.15, 0.2) is 0 Å². The van der Waals surface area contributed by atoms with E-state index in [2.05, 4.69) is 10.2 Å². The smallest absolute Gasteiger partial charge is 0.243 e. The Morgan fingerprint density at radius 3 is 2.34 bits per heavy atom. The van der Waals surface area contributed by atoms with Gasteiger partial charge in [-0.15, -0.1) is 0 Å². The number of piperidine rings is 1. The third kappa shape index (κ3) is 6.68. The fraction of sp³-hybridized carbons (Fsp3) is 0.435. The second kappa shape index (κ2) is 11.7. The number of sulfonamides is 1. The summed E-state index contributed by atoms with van der Waals surface area (Å²) < 4.78 is 32.4. The first kappa shape index (κ1) is 24.5. The average Bonchev–Trinajstić information content (AvgIpc) is 2.80. The Bertz CT molecular complexity index is 975. The van der Waals surface area contributed by atoms with E-state index in [-0.39, 0.29) is 18.0 Å². The molecule has 0 saturated carbocycles. The summed E-state index contributed by atoms with van der Waals surface area (Å²) in [5, 5.41) is 3.25. The lowest BCUT2D eigenvalue weighted by Gasteiger charge is -2.28. The standard InChI is InChI=1S/C23H30ClN3O4S/c1-31-17-5-16-27(32(29,30)22-12-6-19(24)7-13-22)18-23(28)25-20-8-10-21(11-9-20)26-14-3-2-4-15-26/h6-13H,2-5,14-18H2,1H3,(H,25,28). The molecule has 1 amide bonds. The van der Waals surface area contributed by atoms with E-state index in [0.717, 1.165) is 18.8 Å². The highest BCUT2D eigenvalue weighted by Gasteiger charge is 2.26. The number of hydrogen-bond donors (Lipinski definition) is 1. The fourth-order valence-corrected chi connectivity index (χ4v) is 5.25. The zero-order valence-electron chi connectivity index (χ0n) is 18.3. The number of carbonyl (C=O) groups is 1. The highest BCUT2D eigenvalue weighted by Crippen LogP contribution is 2.22. The molecule has 0 radical (unpaired) electrons. The SMILES string of the molecule is COCCCN(CC(=O)Nc1ccc(N2CCCCC2)cc1)S(=O)(=O)c1ccc(Cl)cc1. The van der Waals surface area contributed by atoms with Crippen molar-refractivity contribution < 1.29 is 17.9 Å². The van der Waals surface area contributed by atoms with Crippen LogP contribution >= 0.6 is 11.6 Å². The Kier molecular flexibility index (Phi) is 8.92. The highest BCUT2D eigenvalue weighted by molar-refractivity contribution is 7.89. The summed E-state index contributed by atoms with van der Waals surface area (Å²) in [6, 6.07) is 13.6. The van der Waals surface area contributed by atoms with E-state index in [9.17, 15) is 13.2 Å². The molecule has 32 heavy (non-hydrogen) atoms. The molecule has 0 aliphatic carbocycles. The number of amides is 1. The fourth-order valence-electron chi connectivity index (χ4n) is 3.69. The minimum absolute atomic E-state index is 0.0954. The molecule has 1 heterocycles. The number of methoxy groups -OCH3 is 1. The van der Waals surface area contributed by atoms with Crippen LogP contribution in [0, 0.1) is 0 Å². The number of halogens is 1. The molecule has 0 bridgehead atoms. The number of hydrogen-bond acceptors (Lipinski definition) is 5. The summed E-state index contributed by atoms with van der Waals surface area (Å²) in [5.41, 5.74) is 1.77. The number of nitrogens with zero attached hydrogens (tertiary/aromatic N) is 2. The van der Waals surface area contributed by atoms with Gasteiger partial charge in [-0.05, 0) is 74.2 Å². The quantitative estimate of drug-likeness (QED) is 0.521. The van der Waals surface area contributed by atoms with E-state index in [4.69, 9.17) is 16.3 Å². The van der Waals surface area contributed by atoms with Crippen molar-refractivity contribution in [1.29, 1.82) is 0 Å². The van der Waals surface area contributed by atoms with Gasteiger partial charge in [0.2, 0.25) is 15.9 Å². The van der Waals surface area contributed by atoms with Crippen LogP contribution in [0.1, 0.15) is 25.7 Å². The number of benzene rings is 2. The molecule has 0 aromatic heterocycles. The average molecular weight is 480 g/mol. The third-order valence-corrected chi connectivity index (χ3v) is 7.51. The van der Waals surface area contributed by atoms with Gasteiger partial charge in [0.05, 0.1) is 11.4 Å². The van der Waals surface area contributed by atoms with E-state index < -0.39 is 15.9 Å². The van der Waals surface area contributed by atoms with Gasteiger partial charge in [0.1, 0.15) is 0 Å². The number of anilines is 2. The molecule has 1 fully saturated rings. The second-order valence-corrected chi connectivity index (χ2v) is 10.2. The van der Waals surface area contributed by atoms with Crippen LogP contribution in [0.25, 0.3) is 0 Å². The number of carbonyl (C=O) groups excluding carboxylic acids is 1. The molecule has 1 saturated heterocycles. The molecule has 0 unspecified atom stereocenters. The molecular weight excluding hydrogens is 450 g/mol. The van der Waals surface area contributed by atoms with Gasteiger partial charge in [-0.25, -0.2) is 8.42 Å². The van der Waals surface area contributed by atoms with Gasteiger partial charge < -0.3 is 15.0 Å².